The van der Waals surface area contributed by atoms with Crippen LogP contribution in [-0.4, -0.2) is 27.3 Å². The zero-order chi connectivity index (χ0) is 27.6. The zero-order valence-electron chi connectivity index (χ0n) is 22.7. The van der Waals surface area contributed by atoms with Crippen LogP contribution in [0, 0.1) is 6.92 Å². The van der Waals surface area contributed by atoms with Crippen molar-refractivity contribution < 1.29 is 4.79 Å². The Kier molecular flexibility index (Phi) is 9.46. The van der Waals surface area contributed by atoms with Crippen molar-refractivity contribution in [1.82, 2.24) is 20.2 Å². The number of carbonyl (C=O) groups excluding carboxylic acids is 1. The molecular weight excluding hydrogens is 512 g/mol. The molecule has 0 saturated carbocycles. The standard InChI is InChI=1S/C34H34N4OS/c1-26-15-17-27(18-16-26)23-38(21-19-31(28-10-4-2-5-11-28)29-12-6-3-7-13-29)24-33-37-32(25-40-33)34(39)36-22-30-14-8-9-20-35-30/h2-18,20,25,31H,19,21-24H2,1H3,(H,36,39). The summed E-state index contributed by atoms with van der Waals surface area (Å²) in [5.74, 6) is 0.124. The Morgan fingerprint density at radius 1 is 0.850 bits per heavy atom. The van der Waals surface area contributed by atoms with Crippen LogP contribution >= 0.6 is 11.3 Å². The lowest BCUT2D eigenvalue weighted by atomic mass is 9.88. The van der Waals surface area contributed by atoms with Gasteiger partial charge in [-0.1, -0.05) is 96.6 Å². The van der Waals surface area contributed by atoms with Crippen LogP contribution in [0.5, 0.6) is 0 Å². The Morgan fingerprint density at radius 3 is 2.17 bits per heavy atom. The van der Waals surface area contributed by atoms with Gasteiger partial charge in [0, 0.05) is 24.0 Å². The van der Waals surface area contributed by atoms with Crippen LogP contribution in [-0.2, 0) is 19.6 Å². The number of carbonyl (C=O) groups is 1. The molecule has 1 N–H and O–H groups in total. The van der Waals surface area contributed by atoms with E-state index in [1.807, 2.05) is 23.6 Å². The minimum atomic E-state index is -0.175. The highest BCUT2D eigenvalue weighted by atomic mass is 32.1. The van der Waals surface area contributed by atoms with E-state index in [1.165, 1.54) is 33.6 Å². The second kappa shape index (κ2) is 13.8. The monoisotopic (exact) mass is 546 g/mol. The lowest BCUT2D eigenvalue weighted by Gasteiger charge is -2.25. The van der Waals surface area contributed by atoms with Gasteiger partial charge in [0.2, 0.25) is 0 Å². The number of thiazole rings is 1. The lowest BCUT2D eigenvalue weighted by molar-refractivity contribution is 0.0945. The van der Waals surface area contributed by atoms with Crippen LogP contribution in [0.2, 0.25) is 0 Å². The van der Waals surface area contributed by atoms with Crippen molar-refractivity contribution in [3.8, 4) is 0 Å². The van der Waals surface area contributed by atoms with Gasteiger partial charge in [0.1, 0.15) is 10.7 Å². The molecule has 1 amide bonds. The summed E-state index contributed by atoms with van der Waals surface area (Å²) in [5, 5.41) is 5.72. The van der Waals surface area contributed by atoms with E-state index < -0.39 is 0 Å². The average Bonchev–Trinajstić information content (AvgIpc) is 3.47. The highest BCUT2D eigenvalue weighted by Crippen LogP contribution is 2.29. The second-order valence-corrected chi connectivity index (χ2v) is 10.9. The number of hydrogen-bond donors (Lipinski definition) is 1. The Balaban J connectivity index is 1.30. The summed E-state index contributed by atoms with van der Waals surface area (Å²) in [7, 11) is 0. The van der Waals surface area contributed by atoms with Crippen molar-refractivity contribution in [3.63, 3.8) is 0 Å². The molecule has 0 spiro atoms. The van der Waals surface area contributed by atoms with E-state index in [9.17, 15) is 4.79 Å². The van der Waals surface area contributed by atoms with E-state index in [0.717, 1.165) is 30.2 Å². The van der Waals surface area contributed by atoms with Gasteiger partial charge in [-0.05, 0) is 48.7 Å². The molecule has 2 heterocycles. The van der Waals surface area contributed by atoms with E-state index in [4.69, 9.17) is 4.98 Å². The van der Waals surface area contributed by atoms with Crippen molar-refractivity contribution in [2.75, 3.05) is 6.54 Å². The number of amides is 1. The maximum absolute atomic E-state index is 12.8. The molecule has 0 aliphatic carbocycles. The van der Waals surface area contributed by atoms with Gasteiger partial charge in [0.05, 0.1) is 18.8 Å². The number of nitrogens with zero attached hydrogens (tertiary/aromatic N) is 3. The first-order valence-corrected chi connectivity index (χ1v) is 14.5. The predicted octanol–water partition coefficient (Wildman–Crippen LogP) is 7.00. The number of nitrogens with one attached hydrogen (secondary N) is 1. The third-order valence-corrected chi connectivity index (χ3v) is 7.80. The quantitative estimate of drug-likeness (QED) is 0.183. The molecule has 0 atom stereocenters. The van der Waals surface area contributed by atoms with E-state index in [0.29, 0.717) is 24.7 Å². The first kappa shape index (κ1) is 27.4. The number of hydrogen-bond acceptors (Lipinski definition) is 5. The summed E-state index contributed by atoms with van der Waals surface area (Å²) >= 11 is 1.54. The lowest BCUT2D eigenvalue weighted by Crippen LogP contribution is -2.26. The summed E-state index contributed by atoms with van der Waals surface area (Å²) in [6, 6.07) is 35.9. The fraction of sp³-hybridized carbons (Fsp3) is 0.206. The van der Waals surface area contributed by atoms with Crippen LogP contribution in [0.15, 0.2) is 115 Å². The fourth-order valence-electron chi connectivity index (χ4n) is 4.82. The third kappa shape index (κ3) is 7.72. The van der Waals surface area contributed by atoms with Gasteiger partial charge < -0.3 is 5.32 Å². The summed E-state index contributed by atoms with van der Waals surface area (Å²) in [6.07, 6.45) is 2.70. The summed E-state index contributed by atoms with van der Waals surface area (Å²) in [6.45, 7) is 4.89. The molecule has 2 aromatic heterocycles. The SMILES string of the molecule is Cc1ccc(CN(CCC(c2ccccc2)c2ccccc2)Cc2nc(C(=O)NCc3ccccn3)cs2)cc1. The maximum atomic E-state index is 12.8. The van der Waals surface area contributed by atoms with Gasteiger partial charge in [-0.15, -0.1) is 11.3 Å². The van der Waals surface area contributed by atoms with Crippen molar-refractivity contribution in [1.29, 1.82) is 0 Å². The van der Waals surface area contributed by atoms with E-state index >= 15 is 0 Å². The second-order valence-electron chi connectivity index (χ2n) is 9.99. The largest absolute Gasteiger partial charge is 0.345 e. The molecule has 5 nitrogen and oxygen atoms in total. The maximum Gasteiger partial charge on any atom is 0.271 e. The molecule has 5 aromatic rings. The Morgan fingerprint density at radius 2 is 1.52 bits per heavy atom. The van der Waals surface area contributed by atoms with E-state index in [1.54, 1.807) is 6.20 Å². The highest BCUT2D eigenvalue weighted by Gasteiger charge is 2.18. The van der Waals surface area contributed by atoms with Gasteiger partial charge in [-0.3, -0.25) is 14.7 Å². The molecule has 3 aromatic carbocycles. The van der Waals surface area contributed by atoms with Gasteiger partial charge in [0.15, 0.2) is 0 Å². The molecule has 0 aliphatic heterocycles. The first-order valence-electron chi connectivity index (χ1n) is 13.6. The van der Waals surface area contributed by atoms with Crippen LogP contribution in [0.25, 0.3) is 0 Å². The summed E-state index contributed by atoms with van der Waals surface area (Å²) in [5.41, 5.74) is 6.45. The first-order chi connectivity index (χ1) is 19.6. The molecule has 40 heavy (non-hydrogen) atoms. The van der Waals surface area contributed by atoms with E-state index in [-0.39, 0.29) is 5.91 Å². The summed E-state index contributed by atoms with van der Waals surface area (Å²) < 4.78 is 0. The van der Waals surface area contributed by atoms with Gasteiger partial charge in [-0.25, -0.2) is 4.98 Å². The molecular formula is C34H34N4OS. The van der Waals surface area contributed by atoms with Gasteiger partial charge in [0.25, 0.3) is 5.91 Å². The third-order valence-electron chi connectivity index (χ3n) is 6.96. The number of aryl methyl sites for hydroxylation is 1. The van der Waals surface area contributed by atoms with Crippen LogP contribution < -0.4 is 5.32 Å². The molecule has 6 heteroatoms. The predicted molar refractivity (Wildman–Crippen MR) is 162 cm³/mol. The topological polar surface area (TPSA) is 58.1 Å². The van der Waals surface area contributed by atoms with Gasteiger partial charge >= 0.3 is 0 Å². The highest BCUT2D eigenvalue weighted by molar-refractivity contribution is 7.09. The minimum absolute atomic E-state index is 0.175. The minimum Gasteiger partial charge on any atom is -0.345 e. The smallest absolute Gasteiger partial charge is 0.271 e. The van der Waals surface area contributed by atoms with Crippen molar-refractivity contribution >= 4 is 17.2 Å². The van der Waals surface area contributed by atoms with Crippen LogP contribution in [0.3, 0.4) is 0 Å². The average molecular weight is 547 g/mol. The van der Waals surface area contributed by atoms with Gasteiger partial charge in [-0.2, -0.15) is 0 Å². The molecule has 0 fully saturated rings. The molecule has 0 aliphatic rings. The zero-order valence-corrected chi connectivity index (χ0v) is 23.6. The number of benzene rings is 3. The Labute approximate surface area is 240 Å². The van der Waals surface area contributed by atoms with Crippen molar-refractivity contribution in [2.45, 2.75) is 38.9 Å². The molecule has 0 bridgehead atoms. The fourth-order valence-corrected chi connectivity index (χ4v) is 5.63. The molecule has 202 valence electrons. The number of rotatable bonds is 12. The Hall–Kier alpha value is -4.13. The number of pyridine rings is 1. The molecule has 5 rings (SSSR count). The van der Waals surface area contributed by atoms with Crippen LogP contribution in [0.1, 0.15) is 55.8 Å². The van der Waals surface area contributed by atoms with Crippen LogP contribution in [0.4, 0.5) is 0 Å². The van der Waals surface area contributed by atoms with E-state index in [2.05, 4.69) is 107 Å². The summed E-state index contributed by atoms with van der Waals surface area (Å²) in [4.78, 5) is 24.2. The number of aromatic nitrogens is 2. The Bertz CT molecular complexity index is 1430. The normalized spacial score (nSPS) is 11.2. The van der Waals surface area contributed by atoms with Crippen molar-refractivity contribution in [3.05, 3.63) is 153 Å². The molecule has 0 unspecified atom stereocenters. The molecule has 0 radical (unpaired) electrons. The molecule has 0 saturated heterocycles. The van der Waals surface area contributed by atoms with Crippen molar-refractivity contribution in [2.24, 2.45) is 0 Å².